The Balaban J connectivity index is 0.621. The summed E-state index contributed by atoms with van der Waals surface area (Å²) in [6, 6.07) is 4.38. The number of fused-ring (bicyclic) bond motifs is 5. The molecule has 2 bridgehead atoms. The largest absolute Gasteiger partial charge is 0.460 e. The lowest BCUT2D eigenvalue weighted by Crippen LogP contribution is -2.61. The van der Waals surface area contributed by atoms with Gasteiger partial charge in [-0.25, -0.2) is 24.1 Å². The Bertz CT molecular complexity index is 4330. The summed E-state index contributed by atoms with van der Waals surface area (Å²) in [5.41, 5.74) is 17.1. The summed E-state index contributed by atoms with van der Waals surface area (Å²) < 4.78 is 85.4. The van der Waals surface area contributed by atoms with Gasteiger partial charge < -0.3 is 97.9 Å². The van der Waals surface area contributed by atoms with Gasteiger partial charge in [-0.1, -0.05) is 90.1 Å². The summed E-state index contributed by atoms with van der Waals surface area (Å²) in [5.74, 6) is -8.12. The molecule has 1 aromatic carbocycles. The van der Waals surface area contributed by atoms with Crippen LogP contribution < -0.4 is 16.8 Å². The number of ether oxygens (including phenoxy) is 13. The van der Waals surface area contributed by atoms with Gasteiger partial charge in [0.15, 0.2) is 17.0 Å². The van der Waals surface area contributed by atoms with E-state index in [0.29, 0.717) is 215 Å². The number of nitrogens with one attached hydrogen (secondary N) is 1. The third-order valence-corrected chi connectivity index (χ3v) is 24.1. The van der Waals surface area contributed by atoms with E-state index in [9.17, 15) is 39.0 Å². The van der Waals surface area contributed by atoms with Crippen LogP contribution in [0.5, 0.6) is 0 Å². The van der Waals surface area contributed by atoms with E-state index in [4.69, 9.17) is 82.6 Å². The molecular weight excluding hydrogens is 1610 g/mol. The van der Waals surface area contributed by atoms with Crippen molar-refractivity contribution < 1.29 is 105 Å². The number of piperidine rings is 1. The van der Waals surface area contributed by atoms with Crippen molar-refractivity contribution in [3.63, 3.8) is 0 Å². The number of oxazole rings is 1. The van der Waals surface area contributed by atoms with Gasteiger partial charge >= 0.3 is 5.97 Å². The van der Waals surface area contributed by atoms with Crippen LogP contribution in [0.1, 0.15) is 164 Å². The molecule has 125 heavy (non-hydrogen) atoms. The Morgan fingerprint density at radius 3 is 2.14 bits per heavy atom. The number of esters is 1. The van der Waals surface area contributed by atoms with E-state index in [1.54, 1.807) is 56.5 Å². The number of aryl methyl sites for hydroxylation is 1. The highest BCUT2D eigenvalue weighted by Crippen LogP contribution is 2.40. The number of ketones is 3. The number of allylic oxidation sites excluding steroid dienone is 6. The summed E-state index contributed by atoms with van der Waals surface area (Å²) in [5, 5.41) is 41.0. The summed E-state index contributed by atoms with van der Waals surface area (Å²) in [6.07, 6.45) is 17.9. The van der Waals surface area contributed by atoms with Gasteiger partial charge in [-0.2, -0.15) is 10.1 Å². The smallest absolute Gasteiger partial charge is 0.329 e. The number of nitrogen functional groups attached to an aromatic ring is 2. The van der Waals surface area contributed by atoms with E-state index in [0.717, 1.165) is 36.1 Å². The van der Waals surface area contributed by atoms with Crippen LogP contribution >= 0.6 is 0 Å². The number of aromatic nitrogens is 8. The molecule has 1 saturated carbocycles. The highest BCUT2D eigenvalue weighted by molar-refractivity contribution is 6.39. The second-order valence-electron chi connectivity index (χ2n) is 34.5. The number of nitrogens with zero attached hydrogens (tertiary/aromatic N) is 9. The van der Waals surface area contributed by atoms with Crippen LogP contribution in [0.4, 0.5) is 11.8 Å². The SMILES string of the molecule is CO[C@H]1C[C@@H]2CC[C@@H](C)[C@@](O)(O2)C(=O)C(=O)N2CCCC[C@H]2C(=O)O[C@H]([C@H](C)C[C@@H]2CC[C@@H](OCCC(C)(C)Cc3cn(CCOCCOCCOCCOCCOCCOCCOCC(=O)NCCCCn4nc(-c5ccc6oc(N)nc6c5)c5c(N)ncnc54)nn3)[C@H](OC)C2)CC(=O)[C@H](C)/C=C(\C)[C@@H](O)[C@@H](OC)C(=O)[C@H](C)C[C@H](C)/C=C/C=C/C=C/1C. The zero-order chi connectivity index (χ0) is 90.0. The van der Waals surface area contributed by atoms with Crippen molar-refractivity contribution in [3.05, 3.63) is 84.0 Å². The zero-order valence-electron chi connectivity index (χ0n) is 75.4. The number of carbonyl (C=O) groups excluding carboxylic acids is 6. The molecule has 1 aliphatic carbocycles. The highest BCUT2D eigenvalue weighted by atomic mass is 16.6. The highest BCUT2D eigenvalue weighted by Gasteiger charge is 2.53. The molecule has 0 spiro atoms. The monoisotopic (exact) mass is 1750 g/mol. The molecule has 0 radical (unpaired) electrons. The number of unbranched alkanes of at least 4 members (excludes halogenated alkanes) is 1. The van der Waals surface area contributed by atoms with E-state index >= 15 is 0 Å². The van der Waals surface area contributed by atoms with Crippen molar-refractivity contribution in [2.45, 2.75) is 233 Å². The Hall–Kier alpha value is -8.20. The molecular formula is C91H138N12O22. The Morgan fingerprint density at radius 1 is 0.760 bits per heavy atom. The molecule has 5 aromatic rings. The van der Waals surface area contributed by atoms with Crippen molar-refractivity contribution in [2.24, 2.45) is 40.9 Å². The van der Waals surface area contributed by atoms with Crippen molar-refractivity contribution in [1.29, 1.82) is 0 Å². The number of anilines is 2. The number of cyclic esters (lactones) is 1. The maximum absolute atomic E-state index is 14.8. The Labute approximate surface area is 734 Å². The quantitative estimate of drug-likeness (QED) is 0.0105. The Kier molecular flexibility index (Phi) is 41.1. The van der Waals surface area contributed by atoms with Crippen molar-refractivity contribution in [1.82, 2.24) is 49.9 Å². The molecule has 3 aliphatic heterocycles. The first-order chi connectivity index (χ1) is 60.1. The fraction of sp³-hybridized carbons (Fsp3) is 0.692. The average Bonchev–Trinajstić information content (AvgIpc) is 1.70. The summed E-state index contributed by atoms with van der Waals surface area (Å²) >= 11 is 0. The third kappa shape index (κ3) is 30.8. The minimum Gasteiger partial charge on any atom is -0.460 e. The maximum Gasteiger partial charge on any atom is 0.329 e. The molecule has 2 saturated heterocycles. The predicted octanol–water partition coefficient (Wildman–Crippen LogP) is 9.28. The number of rotatable bonds is 41. The number of aliphatic hydroxyl groups is 2. The van der Waals surface area contributed by atoms with Crippen LogP contribution in [-0.2, 0) is 110 Å². The minimum atomic E-state index is -2.47. The van der Waals surface area contributed by atoms with E-state index in [2.05, 4.69) is 44.4 Å². The number of nitrogens with two attached hydrogens (primary N) is 2. The number of methoxy groups -OCH3 is 3. The lowest BCUT2D eigenvalue weighted by Gasteiger charge is -2.42. The summed E-state index contributed by atoms with van der Waals surface area (Å²) in [4.78, 5) is 98.9. The first-order valence-corrected chi connectivity index (χ1v) is 44.5. The van der Waals surface area contributed by atoms with Gasteiger partial charge in [-0.05, 0) is 156 Å². The standard InChI is InChI=1S/C91H138N12O22/c1-59-20-14-13-15-21-60(2)75(112-10)53-69-26-23-65(7)91(111,125-69)84(108)87(109)102-31-18-16-22-71(102)88(110)123-76(54-72(104)61(3)49-64(6)82(107)83(114-12)81(106)63(5)48-59)62(4)50-66-24-27-74(77(51-66)113-11)122-34-29-90(8,9)55-68-56-101(100-98-68)33-35-115-36-37-116-38-39-117-40-41-118-42-43-119-44-45-120-46-47-121-57-78(105)94-30-17-19-32-103-86-79(85(92)95-58-96-86)80(99-103)67-25-28-73-70(52-67)97-89(93)124-73/h13-15,20-21,25,28,49,52,56,58-59,61-63,65-66,69,71,74-77,82-83,107,111H,16-19,22-24,26-27,29-48,50-51,53-55,57H2,1-12H3,(H2,93,97)(H,94,105)(H2,92,95,96)/b15-13+,20-14+,60-21+,64-49+/t59-,61-,62-,63-,65-,66+,69+,71+,74-,75+,76+,77-,82-,83+,91-/m1/s1. The van der Waals surface area contributed by atoms with Crippen molar-refractivity contribution in [3.8, 4) is 11.3 Å². The molecule has 3 fully saturated rings. The maximum atomic E-state index is 14.8. The molecule has 4 aliphatic rings. The zero-order valence-corrected chi connectivity index (χ0v) is 75.4. The molecule has 34 nitrogen and oxygen atoms in total. The number of carbonyl (C=O) groups is 6. The molecule has 7 N–H and O–H groups in total. The predicted molar refractivity (Wildman–Crippen MR) is 466 cm³/mol. The van der Waals surface area contributed by atoms with E-state index in [1.165, 1.54) is 18.3 Å². The molecule has 34 heteroatoms. The van der Waals surface area contributed by atoms with Crippen LogP contribution in [0.15, 0.2) is 82.7 Å². The number of hydrogen-bond acceptors (Lipinski definition) is 30. The molecule has 9 rings (SSSR count). The first kappa shape index (κ1) is 101. The molecule has 0 unspecified atom stereocenters. The van der Waals surface area contributed by atoms with Gasteiger partial charge in [0.25, 0.3) is 17.7 Å². The van der Waals surface area contributed by atoms with E-state index < -0.39 is 77.8 Å². The lowest BCUT2D eigenvalue weighted by atomic mass is 9.78. The minimum absolute atomic E-state index is 0.00717. The van der Waals surface area contributed by atoms with Crippen molar-refractivity contribution in [2.75, 3.05) is 145 Å². The van der Waals surface area contributed by atoms with Gasteiger partial charge in [-0.15, -0.1) is 5.10 Å². The summed E-state index contributed by atoms with van der Waals surface area (Å²) in [6.45, 7) is 24.3. The van der Waals surface area contributed by atoms with Crippen molar-refractivity contribution >= 4 is 69.1 Å². The van der Waals surface area contributed by atoms with Gasteiger partial charge in [0.05, 0.1) is 128 Å². The van der Waals surface area contributed by atoms with E-state index in [1.807, 2.05) is 76.4 Å². The average molecular weight is 1750 g/mol. The normalized spacial score (nSPS) is 26.9. The number of benzene rings is 1. The van der Waals surface area contributed by atoms with Gasteiger partial charge in [0.1, 0.15) is 60.1 Å². The number of hydrogen-bond donors (Lipinski definition) is 5. The topological polar surface area (TPSA) is 431 Å². The lowest BCUT2D eigenvalue weighted by molar-refractivity contribution is -0.265. The third-order valence-electron chi connectivity index (χ3n) is 24.1. The van der Waals surface area contributed by atoms with Gasteiger partial charge in [-0.3, -0.25) is 24.0 Å². The molecule has 4 aromatic heterocycles. The number of Topliss-reactive ketones (excluding diaryl/α,β-unsaturated/α-hetero) is 3. The van der Waals surface area contributed by atoms with E-state index in [-0.39, 0.29) is 91.5 Å². The van der Waals surface area contributed by atoms with Gasteiger partial charge in [0, 0.05) is 89.9 Å². The van der Waals surface area contributed by atoms with Gasteiger partial charge in [0.2, 0.25) is 11.7 Å². The second-order valence-corrected chi connectivity index (χ2v) is 34.5. The molecule has 2 amide bonds. The fourth-order valence-corrected chi connectivity index (χ4v) is 16.7. The van der Waals surface area contributed by atoms with Crippen LogP contribution in [0.3, 0.4) is 0 Å². The van der Waals surface area contributed by atoms with Crippen LogP contribution in [0, 0.1) is 40.9 Å². The summed E-state index contributed by atoms with van der Waals surface area (Å²) in [7, 11) is 4.65. The van der Waals surface area contributed by atoms with Crippen LogP contribution in [0.25, 0.3) is 33.4 Å². The fourth-order valence-electron chi connectivity index (χ4n) is 16.7. The second kappa shape index (κ2) is 51.1. The molecule has 15 atom stereocenters. The Morgan fingerprint density at radius 2 is 1.46 bits per heavy atom. The van der Waals surface area contributed by atoms with Crippen LogP contribution in [-0.4, -0.2) is 278 Å². The number of aliphatic hydroxyl groups excluding tert-OH is 1. The molecule has 694 valence electrons. The van der Waals surface area contributed by atoms with Crippen LogP contribution in [0.2, 0.25) is 0 Å². The number of amides is 2. The first-order valence-electron chi connectivity index (χ1n) is 44.5. The molecule has 7 heterocycles.